The molecule has 2 N–H and O–H groups in total. The topological polar surface area (TPSA) is 92.2 Å². The van der Waals surface area contributed by atoms with Crippen LogP contribution in [-0.4, -0.2) is 38.1 Å². The Balaban J connectivity index is 1.43. The first-order valence-electron chi connectivity index (χ1n) is 12.6. The largest absolute Gasteiger partial charge is 0.361 e. The van der Waals surface area contributed by atoms with Gasteiger partial charge in [-0.05, 0) is 49.4 Å². The highest BCUT2D eigenvalue weighted by Gasteiger charge is 2.35. The molecule has 8 nitrogen and oxygen atoms in total. The van der Waals surface area contributed by atoms with Gasteiger partial charge in [-0.15, -0.1) is 0 Å². The smallest absolute Gasteiger partial charge is 0.264 e. The predicted molar refractivity (Wildman–Crippen MR) is 146 cm³/mol. The lowest BCUT2D eigenvalue weighted by molar-refractivity contribution is 0.0686. The van der Waals surface area contributed by atoms with Gasteiger partial charge in [0, 0.05) is 17.4 Å². The van der Waals surface area contributed by atoms with Gasteiger partial charge in [0.2, 0.25) is 0 Å². The van der Waals surface area contributed by atoms with Crippen LogP contribution in [-0.2, 0) is 0 Å². The number of amides is 1. The van der Waals surface area contributed by atoms with Crippen molar-refractivity contribution in [3.8, 4) is 5.69 Å². The molecule has 0 saturated heterocycles. The van der Waals surface area contributed by atoms with Crippen molar-refractivity contribution in [2.45, 2.75) is 44.7 Å². The summed E-state index contributed by atoms with van der Waals surface area (Å²) >= 11 is 6.45. The molecule has 37 heavy (non-hydrogen) atoms. The van der Waals surface area contributed by atoms with Gasteiger partial charge in [-0.1, -0.05) is 54.8 Å². The van der Waals surface area contributed by atoms with Crippen LogP contribution < -0.4 is 16.2 Å². The second-order valence-corrected chi connectivity index (χ2v) is 10.0. The van der Waals surface area contributed by atoms with Gasteiger partial charge in [0.15, 0.2) is 0 Å². The van der Waals surface area contributed by atoms with E-state index in [0.717, 1.165) is 42.5 Å². The third-order valence-corrected chi connectivity index (χ3v) is 7.65. The van der Waals surface area contributed by atoms with E-state index in [1.807, 2.05) is 60.4 Å². The van der Waals surface area contributed by atoms with Gasteiger partial charge in [0.1, 0.15) is 23.5 Å². The van der Waals surface area contributed by atoms with Crippen LogP contribution in [0.25, 0.3) is 16.5 Å². The SMILES string of the molecule is C[C@H](Nc1ncnc2c1C(=O)N(C1CCCC1)CN2)c1cc2cccc(Cl)c2c(=O)n1-c1ccccc1. The molecular formula is C28H27ClN6O2. The molecule has 1 fully saturated rings. The van der Waals surface area contributed by atoms with Gasteiger partial charge in [-0.2, -0.15) is 0 Å². The fourth-order valence-corrected chi connectivity index (χ4v) is 5.76. The number of benzene rings is 2. The molecule has 2 aliphatic rings. The number of rotatable bonds is 5. The van der Waals surface area contributed by atoms with E-state index in [-0.39, 0.29) is 23.6 Å². The van der Waals surface area contributed by atoms with Gasteiger partial charge in [-0.25, -0.2) is 9.97 Å². The van der Waals surface area contributed by atoms with Crippen molar-refractivity contribution >= 4 is 39.9 Å². The summed E-state index contributed by atoms with van der Waals surface area (Å²) in [7, 11) is 0. The Labute approximate surface area is 219 Å². The Morgan fingerprint density at radius 3 is 2.62 bits per heavy atom. The number of anilines is 2. The summed E-state index contributed by atoms with van der Waals surface area (Å²) in [6.45, 7) is 2.40. The summed E-state index contributed by atoms with van der Waals surface area (Å²) in [6, 6.07) is 16.7. The van der Waals surface area contributed by atoms with Crippen LogP contribution in [0.3, 0.4) is 0 Å². The molecule has 1 saturated carbocycles. The van der Waals surface area contributed by atoms with Crippen LogP contribution in [0.4, 0.5) is 11.6 Å². The van der Waals surface area contributed by atoms with Crippen LogP contribution in [0.1, 0.15) is 54.7 Å². The maximum Gasteiger partial charge on any atom is 0.264 e. The van der Waals surface area contributed by atoms with Crippen LogP contribution in [0.5, 0.6) is 0 Å². The fourth-order valence-electron chi connectivity index (χ4n) is 5.50. The lowest BCUT2D eigenvalue weighted by Crippen LogP contribution is -2.46. The maximum atomic E-state index is 13.8. The summed E-state index contributed by atoms with van der Waals surface area (Å²) in [5, 5.41) is 8.34. The third kappa shape index (κ3) is 4.11. The number of hydrogen-bond donors (Lipinski definition) is 2. The molecular weight excluding hydrogens is 488 g/mol. The van der Waals surface area contributed by atoms with Gasteiger partial charge in [0.25, 0.3) is 11.5 Å². The second-order valence-electron chi connectivity index (χ2n) is 9.61. The van der Waals surface area contributed by atoms with Gasteiger partial charge in [0.05, 0.1) is 23.1 Å². The van der Waals surface area contributed by atoms with Crippen LogP contribution >= 0.6 is 11.6 Å². The molecule has 6 rings (SSSR count). The molecule has 3 heterocycles. The number of fused-ring (bicyclic) bond motifs is 2. The minimum Gasteiger partial charge on any atom is -0.361 e. The normalized spacial score (nSPS) is 16.5. The zero-order valence-electron chi connectivity index (χ0n) is 20.4. The van der Waals surface area contributed by atoms with Crippen molar-refractivity contribution < 1.29 is 4.79 Å². The lowest BCUT2D eigenvalue weighted by Gasteiger charge is -2.34. The van der Waals surface area contributed by atoms with Gasteiger partial charge in [-0.3, -0.25) is 14.2 Å². The Bertz CT molecular complexity index is 1550. The van der Waals surface area contributed by atoms with Crippen molar-refractivity contribution in [1.82, 2.24) is 19.4 Å². The molecule has 1 aliphatic carbocycles. The number of carbonyl (C=O) groups is 1. The highest BCUT2D eigenvalue weighted by atomic mass is 35.5. The molecule has 0 radical (unpaired) electrons. The fraction of sp³-hybridized carbons (Fsp3) is 0.286. The summed E-state index contributed by atoms with van der Waals surface area (Å²) in [4.78, 5) is 38.0. The van der Waals surface area contributed by atoms with Crippen LogP contribution in [0, 0.1) is 0 Å². The summed E-state index contributed by atoms with van der Waals surface area (Å²) in [5.74, 6) is 0.896. The van der Waals surface area contributed by atoms with E-state index in [0.29, 0.717) is 34.3 Å². The Kier molecular flexibility index (Phi) is 6.04. The molecule has 0 spiro atoms. The predicted octanol–water partition coefficient (Wildman–Crippen LogP) is 5.38. The lowest BCUT2D eigenvalue weighted by atomic mass is 10.1. The molecule has 2 aromatic heterocycles. The molecule has 0 unspecified atom stereocenters. The van der Waals surface area contributed by atoms with Crippen molar-refractivity contribution in [2.75, 3.05) is 17.3 Å². The minimum absolute atomic E-state index is 0.0679. The minimum atomic E-state index is -0.370. The molecule has 188 valence electrons. The molecule has 4 aromatic rings. The second kappa shape index (κ2) is 9.52. The van der Waals surface area contributed by atoms with E-state index in [1.165, 1.54) is 6.33 Å². The number of pyridine rings is 1. The Morgan fingerprint density at radius 1 is 1.05 bits per heavy atom. The standard InChI is InChI=1S/C28H27ClN6O2/c1-17(33-26-24-25(30-15-31-26)32-16-34(27(24)36)19-9-5-6-10-19)22-14-18-8-7-13-21(29)23(18)28(37)35(22)20-11-3-2-4-12-20/h2-4,7-8,11-15,17,19H,5-6,9-10,16H2,1H3,(H2,30,31,32,33)/t17-/m0/s1. The van der Waals surface area contributed by atoms with Gasteiger partial charge < -0.3 is 15.5 Å². The van der Waals surface area contributed by atoms with E-state index < -0.39 is 0 Å². The van der Waals surface area contributed by atoms with Crippen molar-refractivity contribution in [3.05, 3.63) is 87.6 Å². The first kappa shape index (κ1) is 23.5. The summed E-state index contributed by atoms with van der Waals surface area (Å²) in [5.41, 5.74) is 1.69. The molecule has 1 atom stereocenters. The molecule has 0 bridgehead atoms. The quantitative estimate of drug-likeness (QED) is 0.372. The van der Waals surface area contributed by atoms with Crippen molar-refractivity contribution in [3.63, 3.8) is 0 Å². The van der Waals surface area contributed by atoms with E-state index >= 15 is 0 Å². The van der Waals surface area contributed by atoms with E-state index in [1.54, 1.807) is 10.6 Å². The van der Waals surface area contributed by atoms with Crippen molar-refractivity contribution in [2.24, 2.45) is 0 Å². The van der Waals surface area contributed by atoms with Crippen LogP contribution in [0.15, 0.2) is 65.7 Å². The number of halogens is 1. The van der Waals surface area contributed by atoms with Crippen molar-refractivity contribution in [1.29, 1.82) is 0 Å². The van der Waals surface area contributed by atoms with E-state index in [4.69, 9.17) is 11.6 Å². The molecule has 9 heteroatoms. The Morgan fingerprint density at radius 2 is 1.84 bits per heavy atom. The highest BCUT2D eigenvalue weighted by molar-refractivity contribution is 6.35. The van der Waals surface area contributed by atoms with Crippen LogP contribution in [0.2, 0.25) is 5.02 Å². The maximum absolute atomic E-state index is 13.8. The van der Waals surface area contributed by atoms with Gasteiger partial charge >= 0.3 is 0 Å². The number of para-hydroxylation sites is 1. The average Bonchev–Trinajstić information content (AvgIpc) is 3.44. The molecule has 1 aliphatic heterocycles. The summed E-state index contributed by atoms with van der Waals surface area (Å²) in [6.07, 6.45) is 5.75. The number of hydrogen-bond acceptors (Lipinski definition) is 6. The molecule has 2 aromatic carbocycles. The third-order valence-electron chi connectivity index (χ3n) is 7.34. The molecule has 1 amide bonds. The first-order chi connectivity index (χ1) is 18.0. The van der Waals surface area contributed by atoms with E-state index in [2.05, 4.69) is 20.6 Å². The number of nitrogens with one attached hydrogen (secondary N) is 2. The number of nitrogens with zero attached hydrogens (tertiary/aromatic N) is 4. The monoisotopic (exact) mass is 514 g/mol. The number of carbonyl (C=O) groups excluding carboxylic acids is 1. The van der Waals surface area contributed by atoms with E-state index in [9.17, 15) is 9.59 Å². The Hall–Kier alpha value is -3.91. The zero-order valence-corrected chi connectivity index (χ0v) is 21.2. The average molecular weight is 515 g/mol. The highest BCUT2D eigenvalue weighted by Crippen LogP contribution is 2.33. The first-order valence-corrected chi connectivity index (χ1v) is 13.0. The zero-order chi connectivity index (χ0) is 25.5. The number of aromatic nitrogens is 3. The summed E-state index contributed by atoms with van der Waals surface area (Å²) < 4.78 is 1.67.